The lowest BCUT2D eigenvalue weighted by Crippen LogP contribution is -2.10. The molecule has 0 bridgehead atoms. The molecule has 0 saturated carbocycles. The lowest BCUT2D eigenvalue weighted by atomic mass is 10.1. The predicted octanol–water partition coefficient (Wildman–Crippen LogP) is 2.25. The summed E-state index contributed by atoms with van der Waals surface area (Å²) >= 11 is 0. The zero-order valence-corrected chi connectivity index (χ0v) is 10.3. The van der Waals surface area contributed by atoms with Crippen molar-refractivity contribution in [3.8, 4) is 11.3 Å². The molecule has 1 aromatic carbocycles. The summed E-state index contributed by atoms with van der Waals surface area (Å²) in [6.45, 7) is 2.62. The Hall–Kier alpha value is -1.68. The summed E-state index contributed by atoms with van der Waals surface area (Å²) in [4.78, 5) is 4.49. The van der Waals surface area contributed by atoms with Crippen LogP contribution in [-0.2, 0) is 13.6 Å². The van der Waals surface area contributed by atoms with Crippen molar-refractivity contribution in [1.82, 2.24) is 14.9 Å². The zero-order chi connectivity index (χ0) is 12.4. The maximum Gasteiger partial charge on any atom is 0.132 e. The molecule has 0 atom stereocenters. The van der Waals surface area contributed by atoms with Crippen molar-refractivity contribution in [2.75, 3.05) is 7.05 Å². The highest BCUT2D eigenvalue weighted by molar-refractivity contribution is 5.62. The van der Waals surface area contributed by atoms with Crippen LogP contribution in [0.4, 0.5) is 4.39 Å². The first-order valence-electron chi connectivity index (χ1n) is 5.57. The van der Waals surface area contributed by atoms with Gasteiger partial charge in [-0.1, -0.05) is 12.1 Å². The van der Waals surface area contributed by atoms with Crippen LogP contribution < -0.4 is 5.32 Å². The van der Waals surface area contributed by atoms with E-state index in [1.807, 2.05) is 31.7 Å². The molecular formula is C13H16FN3. The molecule has 0 amide bonds. The molecule has 0 spiro atoms. The first kappa shape index (κ1) is 11.8. The van der Waals surface area contributed by atoms with Crippen molar-refractivity contribution in [3.63, 3.8) is 0 Å². The van der Waals surface area contributed by atoms with Crippen molar-refractivity contribution in [3.05, 3.63) is 41.6 Å². The number of nitrogens with zero attached hydrogens (tertiary/aromatic N) is 2. The van der Waals surface area contributed by atoms with E-state index in [0.29, 0.717) is 12.1 Å². The van der Waals surface area contributed by atoms with Crippen molar-refractivity contribution < 1.29 is 4.39 Å². The van der Waals surface area contributed by atoms with Crippen LogP contribution in [0.3, 0.4) is 0 Å². The molecule has 0 aliphatic rings. The van der Waals surface area contributed by atoms with Gasteiger partial charge >= 0.3 is 0 Å². The third-order valence-electron chi connectivity index (χ3n) is 2.94. The van der Waals surface area contributed by atoms with Crippen LogP contribution in [-0.4, -0.2) is 16.6 Å². The van der Waals surface area contributed by atoms with Gasteiger partial charge in [-0.25, -0.2) is 9.37 Å². The smallest absolute Gasteiger partial charge is 0.132 e. The van der Waals surface area contributed by atoms with Gasteiger partial charge in [-0.05, 0) is 26.1 Å². The molecule has 17 heavy (non-hydrogen) atoms. The minimum absolute atomic E-state index is 0.232. The summed E-state index contributed by atoms with van der Waals surface area (Å²) in [5, 5.41) is 3.05. The second-order valence-electron chi connectivity index (χ2n) is 4.03. The van der Waals surface area contributed by atoms with Crippen molar-refractivity contribution in [2.45, 2.75) is 13.5 Å². The molecule has 2 aromatic rings. The number of nitrogens with one attached hydrogen (secondary N) is 1. The molecule has 2 rings (SSSR count). The summed E-state index contributed by atoms with van der Waals surface area (Å²) in [6, 6.07) is 6.73. The highest BCUT2D eigenvalue weighted by Crippen LogP contribution is 2.25. The van der Waals surface area contributed by atoms with E-state index in [2.05, 4.69) is 10.3 Å². The maximum atomic E-state index is 13.7. The molecule has 0 fully saturated rings. The number of imidazole rings is 1. The Labute approximate surface area is 100 Å². The molecule has 0 unspecified atom stereocenters. The summed E-state index contributed by atoms with van der Waals surface area (Å²) < 4.78 is 15.7. The van der Waals surface area contributed by atoms with E-state index in [1.54, 1.807) is 12.1 Å². The molecule has 0 saturated heterocycles. The van der Waals surface area contributed by atoms with Crippen molar-refractivity contribution in [1.29, 1.82) is 0 Å². The normalized spacial score (nSPS) is 10.8. The SMILES string of the molecule is CNCc1nc(-c2ccccc2F)c(C)n1C. The molecule has 4 heteroatoms. The lowest BCUT2D eigenvalue weighted by molar-refractivity contribution is 0.630. The summed E-state index contributed by atoms with van der Waals surface area (Å²) in [6.07, 6.45) is 0. The van der Waals surface area contributed by atoms with E-state index >= 15 is 0 Å². The van der Waals surface area contributed by atoms with Gasteiger partial charge < -0.3 is 9.88 Å². The Balaban J connectivity index is 2.53. The van der Waals surface area contributed by atoms with Crippen molar-refractivity contribution >= 4 is 0 Å². The van der Waals surface area contributed by atoms with Gasteiger partial charge in [0.15, 0.2) is 0 Å². The van der Waals surface area contributed by atoms with Gasteiger partial charge in [0, 0.05) is 18.3 Å². The van der Waals surface area contributed by atoms with Gasteiger partial charge in [0.05, 0.1) is 12.2 Å². The monoisotopic (exact) mass is 233 g/mol. The predicted molar refractivity (Wildman–Crippen MR) is 66.1 cm³/mol. The van der Waals surface area contributed by atoms with Gasteiger partial charge in [0.1, 0.15) is 11.6 Å². The molecular weight excluding hydrogens is 217 g/mol. The fraction of sp³-hybridized carbons (Fsp3) is 0.308. The number of halogens is 1. The fourth-order valence-electron chi connectivity index (χ4n) is 1.86. The second-order valence-corrected chi connectivity index (χ2v) is 4.03. The Kier molecular flexibility index (Phi) is 3.24. The first-order valence-corrected chi connectivity index (χ1v) is 5.57. The number of rotatable bonds is 3. The second kappa shape index (κ2) is 4.67. The molecule has 0 aliphatic carbocycles. The van der Waals surface area contributed by atoms with Crippen molar-refractivity contribution in [2.24, 2.45) is 7.05 Å². The standard InChI is InChI=1S/C13H16FN3/c1-9-13(10-6-4-5-7-11(10)14)16-12(8-15-2)17(9)3/h4-7,15H,8H2,1-3H3. The Morgan fingerprint density at radius 2 is 2.06 bits per heavy atom. The number of hydrogen-bond acceptors (Lipinski definition) is 2. The molecule has 3 nitrogen and oxygen atoms in total. The first-order chi connectivity index (χ1) is 8.15. The third kappa shape index (κ3) is 2.08. The van der Waals surface area contributed by atoms with Gasteiger partial charge in [-0.3, -0.25) is 0 Å². The summed E-state index contributed by atoms with van der Waals surface area (Å²) in [5.41, 5.74) is 2.25. The van der Waals surface area contributed by atoms with Gasteiger partial charge in [-0.2, -0.15) is 0 Å². The topological polar surface area (TPSA) is 29.9 Å². The molecule has 0 aliphatic heterocycles. The molecule has 1 heterocycles. The van der Waals surface area contributed by atoms with Crippen LogP contribution in [0.25, 0.3) is 11.3 Å². The van der Waals surface area contributed by atoms with E-state index in [0.717, 1.165) is 17.2 Å². The Bertz CT molecular complexity index is 531. The van der Waals surface area contributed by atoms with Crippen LogP contribution in [0.15, 0.2) is 24.3 Å². The fourth-order valence-corrected chi connectivity index (χ4v) is 1.86. The van der Waals surface area contributed by atoms with Crippen LogP contribution >= 0.6 is 0 Å². The number of benzene rings is 1. The van der Waals surface area contributed by atoms with Crippen LogP contribution in [0, 0.1) is 12.7 Å². The van der Waals surface area contributed by atoms with Crippen LogP contribution in [0.1, 0.15) is 11.5 Å². The third-order valence-corrected chi connectivity index (χ3v) is 2.94. The largest absolute Gasteiger partial charge is 0.334 e. The number of hydrogen-bond donors (Lipinski definition) is 1. The zero-order valence-electron chi connectivity index (χ0n) is 10.3. The highest BCUT2D eigenvalue weighted by Gasteiger charge is 2.14. The van der Waals surface area contributed by atoms with E-state index in [9.17, 15) is 4.39 Å². The van der Waals surface area contributed by atoms with E-state index in [-0.39, 0.29) is 5.82 Å². The maximum absolute atomic E-state index is 13.7. The van der Waals surface area contributed by atoms with Crippen LogP contribution in [0.5, 0.6) is 0 Å². The summed E-state index contributed by atoms with van der Waals surface area (Å²) in [7, 11) is 3.81. The Morgan fingerprint density at radius 1 is 1.35 bits per heavy atom. The molecule has 1 N–H and O–H groups in total. The van der Waals surface area contributed by atoms with Gasteiger partial charge in [0.25, 0.3) is 0 Å². The van der Waals surface area contributed by atoms with E-state index in [1.165, 1.54) is 6.07 Å². The average molecular weight is 233 g/mol. The minimum Gasteiger partial charge on any atom is -0.334 e. The van der Waals surface area contributed by atoms with Crippen LogP contribution in [0.2, 0.25) is 0 Å². The van der Waals surface area contributed by atoms with Gasteiger partial charge in [0.2, 0.25) is 0 Å². The minimum atomic E-state index is -0.232. The van der Waals surface area contributed by atoms with Gasteiger partial charge in [-0.15, -0.1) is 0 Å². The quantitative estimate of drug-likeness (QED) is 0.881. The molecule has 90 valence electrons. The molecule has 0 radical (unpaired) electrons. The van der Waals surface area contributed by atoms with E-state index in [4.69, 9.17) is 0 Å². The number of aromatic nitrogens is 2. The summed E-state index contributed by atoms with van der Waals surface area (Å²) in [5.74, 6) is 0.674. The Morgan fingerprint density at radius 3 is 2.71 bits per heavy atom. The average Bonchev–Trinajstić information content (AvgIpc) is 2.59. The molecule has 1 aromatic heterocycles. The lowest BCUT2D eigenvalue weighted by Gasteiger charge is -2.02. The highest BCUT2D eigenvalue weighted by atomic mass is 19.1. The van der Waals surface area contributed by atoms with E-state index < -0.39 is 0 Å².